The Kier molecular flexibility index (Phi) is 35.3. The monoisotopic (exact) mass is 1460 g/mol. The summed E-state index contributed by atoms with van der Waals surface area (Å²) in [6.07, 6.45) is 1.04. The summed E-state index contributed by atoms with van der Waals surface area (Å²) in [5.74, 6) is -7.72. The summed E-state index contributed by atoms with van der Waals surface area (Å²) in [4.78, 5) is 160. The van der Waals surface area contributed by atoms with Gasteiger partial charge in [0, 0.05) is 70.0 Å². The van der Waals surface area contributed by atoms with Gasteiger partial charge in [-0.3, -0.25) is 88.2 Å². The van der Waals surface area contributed by atoms with E-state index in [9.17, 15) is 66.7 Å². The molecular weight excluding hydrogens is 1370 g/mol. The number of nitrogens with zero attached hydrogens (tertiary/aromatic N) is 3. The molecule has 3 aromatic rings. The fraction of sp³-hybridized carbons (Fsp3) is 0.551. The average Bonchev–Trinajstić information content (AvgIpc) is 1.62. The van der Waals surface area contributed by atoms with E-state index in [4.69, 9.17) is 58.8 Å². The van der Waals surface area contributed by atoms with Gasteiger partial charge in [-0.25, -0.2) is 9.18 Å². The second-order valence-electron chi connectivity index (χ2n) is 24.3. The summed E-state index contributed by atoms with van der Waals surface area (Å²) in [5, 5.41) is 15.3. The highest BCUT2D eigenvalue weighted by atomic mass is 19.1. The highest BCUT2D eigenvalue weighted by Crippen LogP contribution is 2.35. The number of carbonyl (C=O) groups excluding carboxylic acids is 13. The molecule has 3 unspecified atom stereocenters. The van der Waals surface area contributed by atoms with Crippen LogP contribution in [0.25, 0.3) is 0 Å². The SMILES string of the molecule is CC(C)(C)OC(=O)NCCOCCOCCOCCN.CCCOCCOCCOCCNc1cccc2c1C(=O)N(C1CCC(=O)NC1=O)C2=O.NCCOCCOCCOCCNc1cccc2c1C(=O)N(C1CCC(=O)NC1=O)C2=O.O=C1CCC(N2C(=O)c3cccc(F)c3C2=O)C(=O)N1. The zero-order chi connectivity index (χ0) is 75.6. The highest BCUT2D eigenvalue weighted by Gasteiger charge is 2.48. The number of ether oxygens (including phenoxy) is 10. The van der Waals surface area contributed by atoms with Gasteiger partial charge in [-0.1, -0.05) is 25.1 Å². The third-order valence-electron chi connectivity index (χ3n) is 15.5. The van der Waals surface area contributed by atoms with Crippen molar-refractivity contribution in [2.24, 2.45) is 11.5 Å². The Balaban J connectivity index is 0.000000223. The number of amides is 13. The van der Waals surface area contributed by atoms with Crippen LogP contribution in [0.2, 0.25) is 0 Å². The lowest BCUT2D eigenvalue weighted by atomic mass is 10.0. The van der Waals surface area contributed by atoms with Crippen molar-refractivity contribution in [1.82, 2.24) is 36.0 Å². The molecule has 10 N–H and O–H groups in total. The van der Waals surface area contributed by atoms with Crippen molar-refractivity contribution in [3.05, 3.63) is 93.8 Å². The Labute approximate surface area is 600 Å². The summed E-state index contributed by atoms with van der Waals surface area (Å²) in [6.45, 7) is 18.6. The number of anilines is 2. The second-order valence-corrected chi connectivity index (χ2v) is 24.3. The van der Waals surface area contributed by atoms with Crippen molar-refractivity contribution in [3.8, 4) is 0 Å². The van der Waals surface area contributed by atoms with Crippen molar-refractivity contribution < 1.29 is 114 Å². The quantitative estimate of drug-likeness (QED) is 0.0295. The van der Waals surface area contributed by atoms with E-state index in [2.05, 4.69) is 38.8 Å². The van der Waals surface area contributed by atoms with Gasteiger partial charge in [0.1, 0.15) is 29.5 Å². The van der Waals surface area contributed by atoms with E-state index < -0.39 is 107 Å². The minimum absolute atomic E-state index is 0.0340. The van der Waals surface area contributed by atoms with Gasteiger partial charge < -0.3 is 74.8 Å². The number of hydrogen-bond donors (Lipinski definition) is 8. The first-order valence-corrected chi connectivity index (χ1v) is 34.3. The van der Waals surface area contributed by atoms with E-state index in [1.807, 2.05) is 20.8 Å². The molecule has 0 aliphatic carbocycles. The Morgan fingerprint density at radius 1 is 0.433 bits per heavy atom. The third-order valence-corrected chi connectivity index (χ3v) is 15.5. The van der Waals surface area contributed by atoms with Gasteiger partial charge in [-0.05, 0) is 82.9 Å². The lowest BCUT2D eigenvalue weighted by Crippen LogP contribution is -2.54. The van der Waals surface area contributed by atoms with E-state index in [1.54, 1.807) is 36.4 Å². The maximum absolute atomic E-state index is 13.7. The largest absolute Gasteiger partial charge is 0.444 e. The molecule has 0 radical (unpaired) electrons. The molecule has 6 aliphatic rings. The molecule has 0 aromatic heterocycles. The van der Waals surface area contributed by atoms with E-state index in [0.29, 0.717) is 156 Å². The number of fused-ring (bicyclic) bond motifs is 3. The first-order chi connectivity index (χ1) is 50.0. The minimum Gasteiger partial charge on any atom is -0.444 e. The summed E-state index contributed by atoms with van der Waals surface area (Å²) >= 11 is 0. The Morgan fingerprint density at radius 2 is 0.740 bits per heavy atom. The first-order valence-electron chi connectivity index (χ1n) is 34.3. The number of benzene rings is 3. The number of piperidine rings is 3. The Bertz CT molecular complexity index is 3340. The van der Waals surface area contributed by atoms with Crippen LogP contribution < -0.4 is 43.4 Å². The molecule has 3 atom stereocenters. The van der Waals surface area contributed by atoms with E-state index >= 15 is 0 Å². The second kappa shape index (κ2) is 43.8. The molecule has 0 bridgehead atoms. The van der Waals surface area contributed by atoms with Crippen molar-refractivity contribution >= 4 is 88.4 Å². The zero-order valence-corrected chi connectivity index (χ0v) is 58.9. The van der Waals surface area contributed by atoms with Crippen LogP contribution in [0.5, 0.6) is 0 Å². The Morgan fingerprint density at radius 3 is 1.07 bits per heavy atom. The van der Waals surface area contributed by atoms with Crippen LogP contribution in [-0.2, 0) is 76.1 Å². The zero-order valence-electron chi connectivity index (χ0n) is 58.9. The van der Waals surface area contributed by atoms with Crippen molar-refractivity contribution in [1.29, 1.82) is 0 Å². The van der Waals surface area contributed by atoms with Gasteiger partial charge in [0.15, 0.2) is 0 Å². The summed E-state index contributed by atoms with van der Waals surface area (Å²) in [6, 6.07) is 10.6. The molecule has 9 rings (SSSR count). The standard InChI is InChI=1S/C22H29N3O7.C21H28N4O7.C13H9FN2O4.C13H28N2O5/c1-2-9-30-11-13-32-14-12-31-10-8-23-16-5-3-4-15-19(16)22(29)25(21(15)28)17-6-7-18(26)24-20(17)27;22-6-8-30-10-12-32-13-11-31-9-7-23-15-3-1-2-14-18(15)21(29)25(20(14)28)16-4-5-17(26)24-19(16)27;14-7-3-1-2-6-10(7)13(20)16(12(6)19)8-4-5-9(17)15-11(8)18;1-13(2,3)20-12(16)15-5-7-18-9-11-19-10-8-17-6-4-14/h3-5,17,23H,2,6-14H2,1H3,(H,24,26,27);1-3,16,23H,4-13,22H2,(H,24,26,27);1-3,8H,4-5H2,(H,15,17,18);4-11,14H2,1-3H3,(H,15,16). The summed E-state index contributed by atoms with van der Waals surface area (Å²) < 4.78 is 66.7. The maximum atomic E-state index is 13.7. The van der Waals surface area contributed by atoms with E-state index in [0.717, 1.165) is 33.8 Å². The maximum Gasteiger partial charge on any atom is 0.407 e. The number of halogens is 1. The molecule has 13 amide bonds. The van der Waals surface area contributed by atoms with Gasteiger partial charge in [0.2, 0.25) is 35.4 Å². The predicted molar refractivity (Wildman–Crippen MR) is 366 cm³/mol. The molecule has 0 saturated carbocycles. The van der Waals surface area contributed by atoms with Crippen LogP contribution in [0.15, 0.2) is 54.6 Å². The molecule has 6 heterocycles. The number of carbonyl (C=O) groups is 13. The molecule has 0 spiro atoms. The van der Waals surface area contributed by atoms with Crippen molar-refractivity contribution in [3.63, 3.8) is 0 Å². The van der Waals surface area contributed by atoms with Gasteiger partial charge in [0.05, 0.1) is 146 Å². The summed E-state index contributed by atoms with van der Waals surface area (Å²) in [5.41, 5.74) is 11.7. The fourth-order valence-electron chi connectivity index (χ4n) is 10.8. The van der Waals surface area contributed by atoms with Crippen molar-refractivity contribution in [2.75, 3.05) is 162 Å². The molecule has 104 heavy (non-hydrogen) atoms. The fourth-order valence-corrected chi connectivity index (χ4v) is 10.8. The van der Waals surface area contributed by atoms with Crippen LogP contribution in [0, 0.1) is 5.82 Å². The molecule has 6 aliphatic heterocycles. The molecule has 3 aromatic carbocycles. The van der Waals surface area contributed by atoms with Crippen LogP contribution in [0.1, 0.15) is 135 Å². The minimum atomic E-state index is -1.07. The molecule has 3 fully saturated rings. The van der Waals surface area contributed by atoms with E-state index in [-0.39, 0.29) is 71.9 Å². The summed E-state index contributed by atoms with van der Waals surface area (Å²) in [7, 11) is 0. The van der Waals surface area contributed by atoms with Gasteiger partial charge in [0.25, 0.3) is 35.4 Å². The number of nitrogens with two attached hydrogens (primary N) is 2. The number of hydrogen-bond acceptors (Lipinski definition) is 27. The normalized spacial score (nSPS) is 17.6. The molecular formula is C69H94FN11O23. The smallest absolute Gasteiger partial charge is 0.407 e. The lowest BCUT2D eigenvalue weighted by Gasteiger charge is -2.27. The topological polar surface area (TPSA) is 448 Å². The molecule has 3 saturated heterocycles. The predicted octanol–water partition coefficient (Wildman–Crippen LogP) is 1.21. The molecule has 35 heteroatoms. The number of alkyl carbamates (subject to hydrolysis) is 1. The average molecular weight is 1460 g/mol. The third kappa shape index (κ3) is 25.3. The highest BCUT2D eigenvalue weighted by molar-refractivity contribution is 6.27. The van der Waals surface area contributed by atoms with Crippen LogP contribution in [0.4, 0.5) is 20.6 Å². The van der Waals surface area contributed by atoms with Crippen LogP contribution in [0.3, 0.4) is 0 Å². The van der Waals surface area contributed by atoms with Gasteiger partial charge in [-0.15, -0.1) is 0 Å². The van der Waals surface area contributed by atoms with Crippen LogP contribution >= 0.6 is 0 Å². The Hall–Kier alpha value is -9.14. The van der Waals surface area contributed by atoms with Gasteiger partial charge in [-0.2, -0.15) is 0 Å². The van der Waals surface area contributed by atoms with E-state index in [1.165, 1.54) is 12.1 Å². The number of nitrogens with one attached hydrogen (secondary N) is 6. The van der Waals surface area contributed by atoms with Gasteiger partial charge >= 0.3 is 6.09 Å². The number of rotatable bonds is 38. The lowest BCUT2D eigenvalue weighted by molar-refractivity contribution is -0.137. The first kappa shape index (κ1) is 83.8. The molecule has 34 nitrogen and oxygen atoms in total. The van der Waals surface area contributed by atoms with Crippen LogP contribution in [-0.4, -0.2) is 267 Å². The molecule has 570 valence electrons. The van der Waals surface area contributed by atoms with Crippen molar-refractivity contribution in [2.45, 2.75) is 96.4 Å². The number of imide groups is 6.